The highest BCUT2D eigenvalue weighted by Gasteiger charge is 2.18. The highest BCUT2D eigenvalue weighted by atomic mass is 16.5. The van der Waals surface area contributed by atoms with Gasteiger partial charge in [0.2, 0.25) is 0 Å². The number of nitrogens with zero attached hydrogens (tertiary/aromatic N) is 3. The summed E-state index contributed by atoms with van der Waals surface area (Å²) in [6.07, 6.45) is 3.65. The van der Waals surface area contributed by atoms with E-state index in [-0.39, 0.29) is 0 Å². The summed E-state index contributed by atoms with van der Waals surface area (Å²) < 4.78 is 10.9. The molecule has 1 aliphatic heterocycles. The molecule has 1 unspecified atom stereocenters. The van der Waals surface area contributed by atoms with E-state index in [0.29, 0.717) is 18.5 Å². The molecule has 0 spiro atoms. The van der Waals surface area contributed by atoms with Crippen LogP contribution in [0.2, 0.25) is 0 Å². The fraction of sp³-hybridized carbons (Fsp3) is 0.733. The molecule has 1 aromatic heterocycles. The summed E-state index contributed by atoms with van der Waals surface area (Å²) in [5.41, 5.74) is 0. The van der Waals surface area contributed by atoms with E-state index in [9.17, 15) is 0 Å². The molecule has 2 heterocycles. The van der Waals surface area contributed by atoms with Crippen LogP contribution < -0.4 is 10.2 Å². The fourth-order valence-corrected chi connectivity index (χ4v) is 2.40. The largest absolute Gasteiger partial charge is 0.377 e. The smallest absolute Gasteiger partial charge is 0.158 e. The molecule has 0 saturated carbocycles. The zero-order chi connectivity index (χ0) is 15.1. The van der Waals surface area contributed by atoms with Crippen LogP contribution in [0.1, 0.15) is 32.0 Å². The van der Waals surface area contributed by atoms with E-state index in [0.717, 1.165) is 50.6 Å². The van der Waals surface area contributed by atoms with Gasteiger partial charge in [-0.1, -0.05) is 6.92 Å². The van der Waals surface area contributed by atoms with Gasteiger partial charge >= 0.3 is 0 Å². The van der Waals surface area contributed by atoms with Crippen LogP contribution >= 0.6 is 0 Å². The van der Waals surface area contributed by atoms with E-state index >= 15 is 0 Å². The number of likely N-dealkylation sites (N-methyl/N-ethyl adjacent to an activating group) is 1. The second-order valence-corrected chi connectivity index (χ2v) is 5.40. The van der Waals surface area contributed by atoms with E-state index in [1.54, 1.807) is 7.11 Å². The first-order valence-electron chi connectivity index (χ1n) is 7.66. The van der Waals surface area contributed by atoms with Crippen molar-refractivity contribution >= 4 is 11.6 Å². The summed E-state index contributed by atoms with van der Waals surface area (Å²) >= 11 is 0. The van der Waals surface area contributed by atoms with Crippen LogP contribution in [0, 0.1) is 0 Å². The molecule has 0 radical (unpaired) electrons. The maximum Gasteiger partial charge on any atom is 0.158 e. The van der Waals surface area contributed by atoms with Crippen LogP contribution in [0.15, 0.2) is 6.07 Å². The zero-order valence-corrected chi connectivity index (χ0v) is 13.3. The van der Waals surface area contributed by atoms with Gasteiger partial charge in [-0.25, -0.2) is 9.97 Å². The number of ether oxygens (including phenoxy) is 2. The Morgan fingerprint density at radius 3 is 3.00 bits per heavy atom. The Morgan fingerprint density at radius 1 is 1.48 bits per heavy atom. The number of hydrogen-bond donors (Lipinski definition) is 1. The van der Waals surface area contributed by atoms with E-state index in [1.807, 2.05) is 13.1 Å². The molecule has 118 valence electrons. The predicted octanol–water partition coefficient (Wildman–Crippen LogP) is 2.06. The average Bonchev–Trinajstić information content (AvgIpc) is 2.98. The van der Waals surface area contributed by atoms with Gasteiger partial charge < -0.3 is 19.7 Å². The second kappa shape index (κ2) is 8.14. The van der Waals surface area contributed by atoms with Crippen molar-refractivity contribution in [2.75, 3.05) is 44.1 Å². The molecule has 1 saturated heterocycles. The topological polar surface area (TPSA) is 59.5 Å². The number of methoxy groups -OCH3 is 1. The van der Waals surface area contributed by atoms with Crippen LogP contribution in [0.25, 0.3) is 0 Å². The van der Waals surface area contributed by atoms with E-state index < -0.39 is 0 Å². The monoisotopic (exact) mass is 294 g/mol. The lowest BCUT2D eigenvalue weighted by atomic mass is 10.2. The number of hydrogen-bond acceptors (Lipinski definition) is 6. The first kappa shape index (κ1) is 16.0. The van der Waals surface area contributed by atoms with Crippen LogP contribution in [-0.2, 0) is 16.1 Å². The minimum atomic E-state index is 0.308. The Labute approximate surface area is 126 Å². The van der Waals surface area contributed by atoms with Gasteiger partial charge in [-0.15, -0.1) is 0 Å². The molecule has 1 aliphatic rings. The molecule has 21 heavy (non-hydrogen) atoms. The minimum Gasteiger partial charge on any atom is -0.377 e. The van der Waals surface area contributed by atoms with Crippen molar-refractivity contribution in [3.05, 3.63) is 11.9 Å². The van der Waals surface area contributed by atoms with E-state index in [1.165, 1.54) is 0 Å². The Kier molecular flexibility index (Phi) is 6.20. The molecule has 0 aromatic carbocycles. The summed E-state index contributed by atoms with van der Waals surface area (Å²) in [6.45, 7) is 5.19. The van der Waals surface area contributed by atoms with Gasteiger partial charge in [-0.05, 0) is 19.3 Å². The summed E-state index contributed by atoms with van der Waals surface area (Å²) in [4.78, 5) is 11.2. The molecule has 1 fully saturated rings. The van der Waals surface area contributed by atoms with Crippen molar-refractivity contribution in [1.29, 1.82) is 0 Å². The quantitative estimate of drug-likeness (QED) is 0.792. The molecular weight excluding hydrogens is 268 g/mol. The van der Waals surface area contributed by atoms with Crippen molar-refractivity contribution in [3.63, 3.8) is 0 Å². The summed E-state index contributed by atoms with van der Waals surface area (Å²) in [7, 11) is 3.70. The molecule has 6 nitrogen and oxygen atoms in total. The molecule has 6 heteroatoms. The van der Waals surface area contributed by atoms with Gasteiger partial charge in [0.15, 0.2) is 5.82 Å². The Bertz CT molecular complexity index is 436. The molecule has 2 rings (SSSR count). The van der Waals surface area contributed by atoms with Gasteiger partial charge in [0, 0.05) is 39.9 Å². The lowest BCUT2D eigenvalue weighted by Crippen LogP contribution is -2.29. The highest BCUT2D eigenvalue weighted by molar-refractivity contribution is 5.49. The molecule has 1 N–H and O–H groups in total. The Hall–Kier alpha value is -1.40. The molecule has 1 atom stereocenters. The van der Waals surface area contributed by atoms with Gasteiger partial charge in [-0.2, -0.15) is 0 Å². The number of nitrogens with one attached hydrogen (secondary N) is 1. The lowest BCUT2D eigenvalue weighted by Gasteiger charge is -2.22. The SMILES string of the molecule is CCCNc1cc(N(C)CC2CCCO2)nc(COC)n1. The molecule has 1 aromatic rings. The van der Waals surface area contributed by atoms with Crippen molar-refractivity contribution in [2.24, 2.45) is 0 Å². The normalized spacial score (nSPS) is 18.0. The summed E-state index contributed by atoms with van der Waals surface area (Å²) in [5.74, 6) is 2.46. The number of rotatable bonds is 8. The van der Waals surface area contributed by atoms with Crippen LogP contribution in [0.3, 0.4) is 0 Å². The van der Waals surface area contributed by atoms with E-state index in [4.69, 9.17) is 9.47 Å². The first-order chi connectivity index (χ1) is 10.2. The van der Waals surface area contributed by atoms with Crippen LogP contribution in [-0.4, -0.2) is 49.9 Å². The van der Waals surface area contributed by atoms with Crippen molar-refractivity contribution in [3.8, 4) is 0 Å². The predicted molar refractivity (Wildman–Crippen MR) is 83.8 cm³/mol. The van der Waals surface area contributed by atoms with Crippen LogP contribution in [0.4, 0.5) is 11.6 Å². The summed E-state index contributed by atoms with van der Waals surface area (Å²) in [5, 5.41) is 3.32. The fourth-order valence-electron chi connectivity index (χ4n) is 2.40. The van der Waals surface area contributed by atoms with Gasteiger partial charge in [0.25, 0.3) is 0 Å². The average molecular weight is 294 g/mol. The molecular formula is C15H26N4O2. The van der Waals surface area contributed by atoms with Gasteiger partial charge in [-0.3, -0.25) is 0 Å². The summed E-state index contributed by atoms with van der Waals surface area (Å²) in [6, 6.07) is 1.99. The third kappa shape index (κ3) is 4.82. The molecule has 0 amide bonds. The molecule has 0 aliphatic carbocycles. The van der Waals surface area contributed by atoms with Gasteiger partial charge in [0.05, 0.1) is 6.10 Å². The minimum absolute atomic E-state index is 0.308. The second-order valence-electron chi connectivity index (χ2n) is 5.40. The van der Waals surface area contributed by atoms with Crippen LogP contribution in [0.5, 0.6) is 0 Å². The van der Waals surface area contributed by atoms with Gasteiger partial charge in [0.1, 0.15) is 18.2 Å². The molecule has 0 bridgehead atoms. The maximum absolute atomic E-state index is 5.69. The van der Waals surface area contributed by atoms with E-state index in [2.05, 4.69) is 27.1 Å². The first-order valence-corrected chi connectivity index (χ1v) is 7.66. The van der Waals surface area contributed by atoms with Crippen molar-refractivity contribution in [2.45, 2.75) is 38.9 Å². The zero-order valence-electron chi connectivity index (χ0n) is 13.3. The third-order valence-electron chi connectivity index (χ3n) is 3.48. The Balaban J connectivity index is 2.09. The number of anilines is 2. The number of aromatic nitrogens is 2. The van der Waals surface area contributed by atoms with Crippen molar-refractivity contribution < 1.29 is 9.47 Å². The third-order valence-corrected chi connectivity index (χ3v) is 3.48. The Morgan fingerprint density at radius 2 is 2.33 bits per heavy atom. The highest BCUT2D eigenvalue weighted by Crippen LogP contribution is 2.19. The maximum atomic E-state index is 5.69. The standard InChI is InChI=1S/C15H26N4O2/c1-4-7-16-13-9-15(18-14(17-13)11-20-3)19(2)10-12-6-5-8-21-12/h9,12H,4-8,10-11H2,1-3H3,(H,16,17,18). The lowest BCUT2D eigenvalue weighted by molar-refractivity contribution is 0.116. The van der Waals surface area contributed by atoms with Crippen molar-refractivity contribution in [1.82, 2.24) is 9.97 Å².